The Morgan fingerprint density at radius 1 is 1.13 bits per heavy atom. The normalized spacial score (nSPS) is 17.1. The fraction of sp³-hybridized carbons (Fsp3) is 0.455. The van der Waals surface area contributed by atoms with Crippen molar-refractivity contribution in [1.82, 2.24) is 29.5 Å². The van der Waals surface area contributed by atoms with Crippen molar-refractivity contribution in [3.05, 3.63) is 47.9 Å². The van der Waals surface area contributed by atoms with Gasteiger partial charge in [0.05, 0.1) is 36.9 Å². The molecule has 9 heteroatoms. The number of aryl methyl sites for hydroxylation is 1. The molecule has 3 aromatic rings. The molecule has 0 spiro atoms. The molecule has 1 amide bonds. The van der Waals surface area contributed by atoms with Crippen molar-refractivity contribution in [3.8, 4) is 11.3 Å². The third kappa shape index (κ3) is 4.05. The molecule has 162 valence electrons. The van der Waals surface area contributed by atoms with Crippen LogP contribution in [0.25, 0.3) is 11.3 Å². The second-order valence-electron chi connectivity index (χ2n) is 8.23. The van der Waals surface area contributed by atoms with E-state index in [1.165, 1.54) is 0 Å². The molecule has 3 aromatic heterocycles. The Balaban J connectivity index is 1.42. The van der Waals surface area contributed by atoms with Gasteiger partial charge in [0.2, 0.25) is 5.91 Å². The van der Waals surface area contributed by atoms with Crippen molar-refractivity contribution in [2.45, 2.75) is 26.4 Å². The lowest BCUT2D eigenvalue weighted by Crippen LogP contribution is -2.46. The van der Waals surface area contributed by atoms with E-state index in [1.807, 2.05) is 36.5 Å². The first-order valence-corrected chi connectivity index (χ1v) is 10.7. The van der Waals surface area contributed by atoms with E-state index in [0.29, 0.717) is 13.1 Å². The maximum Gasteiger partial charge on any atom is 0.219 e. The summed E-state index contributed by atoms with van der Waals surface area (Å²) in [7, 11) is 1.90. The number of hydrogen-bond acceptors (Lipinski definition) is 7. The van der Waals surface area contributed by atoms with Gasteiger partial charge in [0.1, 0.15) is 11.5 Å². The Morgan fingerprint density at radius 2 is 1.97 bits per heavy atom. The third-order valence-electron chi connectivity index (χ3n) is 6.05. The largest absolute Gasteiger partial charge is 0.468 e. The molecule has 0 atom stereocenters. The molecule has 5 rings (SSSR count). The average molecular weight is 422 g/mol. The van der Waals surface area contributed by atoms with Gasteiger partial charge >= 0.3 is 0 Å². The fourth-order valence-electron chi connectivity index (χ4n) is 4.29. The van der Waals surface area contributed by atoms with E-state index < -0.39 is 0 Å². The monoisotopic (exact) mass is 421 g/mol. The lowest BCUT2D eigenvalue weighted by Gasteiger charge is -2.36. The minimum atomic E-state index is 0.0760. The number of furan rings is 1. The molecule has 1 fully saturated rings. The minimum absolute atomic E-state index is 0.0760. The number of carbonyl (C=O) groups excluding carboxylic acids is 1. The van der Waals surface area contributed by atoms with E-state index in [0.717, 1.165) is 73.4 Å². The summed E-state index contributed by atoms with van der Waals surface area (Å²) in [5, 5.41) is 4.34. The fourth-order valence-corrected chi connectivity index (χ4v) is 4.29. The Hall–Kier alpha value is -3.20. The first kappa shape index (κ1) is 19.7. The maximum atomic E-state index is 11.9. The summed E-state index contributed by atoms with van der Waals surface area (Å²) < 4.78 is 7.28. The number of hydrogen-bond donors (Lipinski definition) is 0. The zero-order chi connectivity index (χ0) is 21.4. The van der Waals surface area contributed by atoms with Gasteiger partial charge in [0.25, 0.3) is 0 Å². The van der Waals surface area contributed by atoms with Crippen LogP contribution in [0.2, 0.25) is 0 Å². The van der Waals surface area contributed by atoms with Crippen molar-refractivity contribution in [1.29, 1.82) is 0 Å². The second kappa shape index (κ2) is 8.14. The molecule has 0 radical (unpaired) electrons. The van der Waals surface area contributed by atoms with Gasteiger partial charge in [0, 0.05) is 64.9 Å². The van der Waals surface area contributed by atoms with Gasteiger partial charge in [-0.25, -0.2) is 9.97 Å². The minimum Gasteiger partial charge on any atom is -0.468 e. The number of amides is 1. The number of piperazine rings is 1. The molecular formula is C22H27N7O2. The van der Waals surface area contributed by atoms with Crippen molar-refractivity contribution in [2.24, 2.45) is 7.05 Å². The predicted molar refractivity (Wildman–Crippen MR) is 115 cm³/mol. The van der Waals surface area contributed by atoms with E-state index in [-0.39, 0.29) is 5.91 Å². The molecule has 0 bridgehead atoms. The molecular weight excluding hydrogens is 394 g/mol. The van der Waals surface area contributed by atoms with Crippen molar-refractivity contribution in [3.63, 3.8) is 0 Å². The number of carbonyl (C=O) groups is 1. The van der Waals surface area contributed by atoms with Crippen LogP contribution in [-0.4, -0.2) is 68.2 Å². The van der Waals surface area contributed by atoms with Gasteiger partial charge in [-0.15, -0.1) is 0 Å². The van der Waals surface area contributed by atoms with Gasteiger partial charge in [-0.2, -0.15) is 5.10 Å². The summed E-state index contributed by atoms with van der Waals surface area (Å²) in [5.41, 5.74) is 3.68. The molecule has 2 aliphatic heterocycles. The van der Waals surface area contributed by atoms with Crippen LogP contribution in [0, 0.1) is 0 Å². The lowest BCUT2D eigenvalue weighted by atomic mass is 10.1. The summed E-state index contributed by atoms with van der Waals surface area (Å²) in [6.07, 6.45) is 6.26. The molecule has 0 aromatic carbocycles. The SMILES string of the molecule is CC(=O)N1CCc2nc(N3CCN(Cc4ccco4)CC3)c(-c3cnn(C)c3)nc2C1. The van der Waals surface area contributed by atoms with Gasteiger partial charge in [0.15, 0.2) is 5.82 Å². The highest BCUT2D eigenvalue weighted by atomic mass is 16.3. The second-order valence-corrected chi connectivity index (χ2v) is 8.23. The van der Waals surface area contributed by atoms with Crippen LogP contribution >= 0.6 is 0 Å². The summed E-state index contributed by atoms with van der Waals surface area (Å²) in [6, 6.07) is 3.95. The van der Waals surface area contributed by atoms with Crippen molar-refractivity contribution in [2.75, 3.05) is 37.6 Å². The van der Waals surface area contributed by atoms with Crippen LogP contribution in [-0.2, 0) is 31.4 Å². The van der Waals surface area contributed by atoms with Gasteiger partial charge in [-0.05, 0) is 12.1 Å². The summed E-state index contributed by atoms with van der Waals surface area (Å²) in [6.45, 7) is 7.27. The van der Waals surface area contributed by atoms with Crippen molar-refractivity contribution >= 4 is 11.7 Å². The first-order valence-electron chi connectivity index (χ1n) is 10.7. The molecule has 5 heterocycles. The molecule has 31 heavy (non-hydrogen) atoms. The molecule has 1 saturated heterocycles. The number of rotatable bonds is 4. The van der Waals surface area contributed by atoms with E-state index in [2.05, 4.69) is 14.9 Å². The van der Waals surface area contributed by atoms with Crippen LogP contribution in [0.1, 0.15) is 24.1 Å². The number of aromatic nitrogens is 4. The first-order chi connectivity index (χ1) is 15.1. The molecule has 0 aliphatic carbocycles. The Bertz CT molecular complexity index is 1070. The lowest BCUT2D eigenvalue weighted by molar-refractivity contribution is -0.129. The maximum absolute atomic E-state index is 11.9. The Kier molecular flexibility index (Phi) is 5.19. The van der Waals surface area contributed by atoms with Crippen LogP contribution in [0.15, 0.2) is 35.2 Å². The Labute approximate surface area is 181 Å². The average Bonchev–Trinajstić information content (AvgIpc) is 3.44. The van der Waals surface area contributed by atoms with Gasteiger partial charge in [-0.1, -0.05) is 0 Å². The topological polar surface area (TPSA) is 83.5 Å². The quantitative estimate of drug-likeness (QED) is 0.634. The van der Waals surface area contributed by atoms with Crippen LogP contribution in [0.5, 0.6) is 0 Å². The highest BCUT2D eigenvalue weighted by Crippen LogP contribution is 2.31. The smallest absolute Gasteiger partial charge is 0.219 e. The molecule has 0 N–H and O–H groups in total. The van der Waals surface area contributed by atoms with Crippen molar-refractivity contribution < 1.29 is 9.21 Å². The van der Waals surface area contributed by atoms with Crippen LogP contribution in [0.3, 0.4) is 0 Å². The number of anilines is 1. The number of fused-ring (bicyclic) bond motifs is 1. The van der Waals surface area contributed by atoms with E-state index >= 15 is 0 Å². The van der Waals surface area contributed by atoms with Crippen LogP contribution in [0.4, 0.5) is 5.82 Å². The van der Waals surface area contributed by atoms with E-state index in [1.54, 1.807) is 17.9 Å². The molecule has 2 aliphatic rings. The third-order valence-corrected chi connectivity index (χ3v) is 6.05. The highest BCUT2D eigenvalue weighted by molar-refractivity contribution is 5.74. The molecule has 0 unspecified atom stereocenters. The molecule has 9 nitrogen and oxygen atoms in total. The highest BCUT2D eigenvalue weighted by Gasteiger charge is 2.27. The Morgan fingerprint density at radius 3 is 2.65 bits per heavy atom. The summed E-state index contributed by atoms with van der Waals surface area (Å²) in [4.78, 5) is 28.5. The van der Waals surface area contributed by atoms with Gasteiger partial charge < -0.3 is 14.2 Å². The number of nitrogens with zero attached hydrogens (tertiary/aromatic N) is 7. The van der Waals surface area contributed by atoms with Gasteiger partial charge in [-0.3, -0.25) is 14.4 Å². The zero-order valence-corrected chi connectivity index (χ0v) is 18.0. The zero-order valence-electron chi connectivity index (χ0n) is 18.0. The summed E-state index contributed by atoms with van der Waals surface area (Å²) in [5.74, 6) is 1.99. The van der Waals surface area contributed by atoms with E-state index in [9.17, 15) is 4.79 Å². The molecule has 0 saturated carbocycles. The van der Waals surface area contributed by atoms with Crippen LogP contribution < -0.4 is 4.90 Å². The summed E-state index contributed by atoms with van der Waals surface area (Å²) >= 11 is 0. The predicted octanol–water partition coefficient (Wildman–Crippen LogP) is 1.70. The standard InChI is InChI=1S/C22H27N7O2/c1-16(30)29-6-5-19-20(15-29)24-21(17-12-23-26(2)13-17)22(25-19)28-9-7-27(8-10-28)14-18-4-3-11-31-18/h3-4,11-13H,5-10,14-15H2,1-2H3. The van der Waals surface area contributed by atoms with E-state index in [4.69, 9.17) is 14.4 Å².